The van der Waals surface area contributed by atoms with Gasteiger partial charge in [0.05, 0.1) is 91.6 Å². The summed E-state index contributed by atoms with van der Waals surface area (Å²) in [6.07, 6.45) is 0. The molecule has 0 amide bonds. The average Bonchev–Trinajstić information content (AvgIpc) is 4.10. The van der Waals surface area contributed by atoms with E-state index in [1.54, 1.807) is 24.3 Å². The minimum absolute atomic E-state index is 0.407. The van der Waals surface area contributed by atoms with Crippen molar-refractivity contribution in [2.24, 2.45) is 0 Å². The Bertz CT molecular complexity index is 4800. The molecule has 13 aromatic rings. The Kier molecular flexibility index (Phi) is 11.2. The maximum atomic E-state index is 10.6. The van der Waals surface area contributed by atoms with E-state index in [9.17, 15) is 26.3 Å². The summed E-state index contributed by atoms with van der Waals surface area (Å²) in [5, 5.41) is 54.3. The minimum atomic E-state index is 0.407. The van der Waals surface area contributed by atoms with E-state index in [0.29, 0.717) is 45.3 Å². The van der Waals surface area contributed by atoms with Crippen LogP contribution in [0.2, 0.25) is 0 Å². The van der Waals surface area contributed by atoms with E-state index >= 15 is 0 Å². The summed E-state index contributed by atoms with van der Waals surface area (Å²) in [5.41, 5.74) is 14.5. The second-order valence-corrected chi connectivity index (χ2v) is 18.8. The van der Waals surface area contributed by atoms with Crippen LogP contribution in [0.3, 0.4) is 0 Å². The molecule has 0 unspecified atom stereocenters. The molecule has 13 rings (SSSR count). The van der Waals surface area contributed by atoms with Gasteiger partial charge in [-0.25, -0.2) is 15.0 Å². The molecular weight excluding hydrogens is 957 g/mol. The maximum Gasteiger partial charge on any atom is 0.164 e. The third-order valence-electron chi connectivity index (χ3n) is 14.4. The Morgan fingerprint density at radius 2 is 0.641 bits per heavy atom. The first-order valence-corrected chi connectivity index (χ1v) is 25.0. The number of aromatic nitrogens is 5. The number of rotatable bonds is 8. The molecule has 0 aliphatic rings. The van der Waals surface area contributed by atoms with Crippen molar-refractivity contribution < 1.29 is 0 Å². The third kappa shape index (κ3) is 7.74. The Hall–Kier alpha value is -11.7. The Morgan fingerprint density at radius 3 is 1.10 bits per heavy atom. The molecule has 0 saturated heterocycles. The zero-order valence-corrected chi connectivity index (χ0v) is 41.3. The average molecular weight is 993 g/mol. The summed E-state index contributed by atoms with van der Waals surface area (Å²) in [7, 11) is 0. The Labute approximate surface area is 447 Å². The van der Waals surface area contributed by atoms with Gasteiger partial charge in [-0.2, -0.15) is 26.3 Å². The number of nitrogens with zero attached hydrogens (tertiary/aromatic N) is 10. The first-order chi connectivity index (χ1) is 38.4. The first-order valence-electron chi connectivity index (χ1n) is 25.0. The van der Waals surface area contributed by atoms with Crippen LogP contribution in [0.25, 0.3) is 123 Å². The lowest BCUT2D eigenvalue weighted by Gasteiger charge is -2.20. The van der Waals surface area contributed by atoms with Gasteiger partial charge in [0.1, 0.15) is 0 Å². The predicted molar refractivity (Wildman–Crippen MR) is 305 cm³/mol. The molecule has 3 aromatic heterocycles. The summed E-state index contributed by atoms with van der Waals surface area (Å²) in [6, 6.07) is 82.4. The van der Waals surface area contributed by atoms with Crippen molar-refractivity contribution in [3.8, 4) is 109 Å². The number of hydrogen-bond donors (Lipinski definition) is 0. The molecule has 10 aromatic carbocycles. The second-order valence-electron chi connectivity index (χ2n) is 18.8. The number of para-hydroxylation sites is 2. The summed E-state index contributed by atoms with van der Waals surface area (Å²) >= 11 is 0. The van der Waals surface area contributed by atoms with Gasteiger partial charge in [-0.05, 0) is 101 Å². The van der Waals surface area contributed by atoms with Crippen molar-refractivity contribution in [1.29, 1.82) is 26.3 Å². The lowest BCUT2D eigenvalue weighted by Crippen LogP contribution is -2.04. The van der Waals surface area contributed by atoms with Gasteiger partial charge in [0.25, 0.3) is 0 Å². The maximum absolute atomic E-state index is 10.6. The molecule has 0 N–H and O–H groups in total. The van der Waals surface area contributed by atoms with E-state index in [0.717, 1.165) is 105 Å². The number of fused-ring (bicyclic) bond motifs is 6. The molecule has 0 atom stereocenters. The van der Waals surface area contributed by atoms with Crippen LogP contribution in [-0.2, 0) is 0 Å². The van der Waals surface area contributed by atoms with Crippen LogP contribution >= 0.6 is 0 Å². The van der Waals surface area contributed by atoms with E-state index in [-0.39, 0.29) is 0 Å². The van der Waals surface area contributed by atoms with Crippen LogP contribution in [0, 0.1) is 56.7 Å². The van der Waals surface area contributed by atoms with Crippen LogP contribution in [0.5, 0.6) is 0 Å². The van der Waals surface area contributed by atoms with Gasteiger partial charge in [-0.3, -0.25) is 0 Å². The fourth-order valence-corrected chi connectivity index (χ4v) is 10.8. The fourth-order valence-electron chi connectivity index (χ4n) is 10.8. The van der Waals surface area contributed by atoms with Crippen molar-refractivity contribution in [1.82, 2.24) is 24.1 Å². The van der Waals surface area contributed by atoms with E-state index in [1.807, 2.05) is 133 Å². The highest BCUT2D eigenvalue weighted by atomic mass is 15.0. The van der Waals surface area contributed by atoms with Gasteiger partial charge >= 0.3 is 0 Å². The van der Waals surface area contributed by atoms with Gasteiger partial charge in [0.2, 0.25) is 0 Å². The Morgan fingerprint density at radius 1 is 0.269 bits per heavy atom. The summed E-state index contributed by atoms with van der Waals surface area (Å²) < 4.78 is 4.47. The topological polar surface area (TPSA) is 167 Å². The van der Waals surface area contributed by atoms with Gasteiger partial charge < -0.3 is 9.13 Å². The third-order valence-corrected chi connectivity index (χ3v) is 14.4. The molecule has 0 fully saturated rings. The normalized spacial score (nSPS) is 11.0. The van der Waals surface area contributed by atoms with E-state index in [4.69, 9.17) is 15.0 Å². The molecular formula is C68H36N10. The number of benzene rings is 10. The zero-order valence-electron chi connectivity index (χ0n) is 41.3. The fraction of sp³-hybridized carbons (Fsp3) is 0. The number of hydrogen-bond acceptors (Lipinski definition) is 8. The SMILES string of the molecule is N#Cc1ccc(-c2ccc3c(c2)c2ccccc2n3-c2cc(C#N)ccc2-c2ccc(-c3nc(-c4ccccc4)nc(-c4ccccc4)n3)cc2-n2c3ccccc3c3cc(-c4ccc(C#N)cc4C#N)ccc32)c(C#N)c1. The Balaban J connectivity index is 1.09. The predicted octanol–water partition coefficient (Wildman–Crippen LogP) is 15.4. The van der Waals surface area contributed by atoms with Crippen molar-refractivity contribution >= 4 is 43.6 Å². The van der Waals surface area contributed by atoms with Crippen LogP contribution in [0.4, 0.5) is 0 Å². The largest absolute Gasteiger partial charge is 0.309 e. The second kappa shape index (κ2) is 18.9. The molecule has 358 valence electrons. The van der Waals surface area contributed by atoms with Crippen LogP contribution in [-0.4, -0.2) is 24.1 Å². The van der Waals surface area contributed by atoms with Gasteiger partial charge in [-0.1, -0.05) is 140 Å². The molecule has 0 spiro atoms. The number of nitriles is 5. The van der Waals surface area contributed by atoms with Crippen molar-refractivity contribution in [2.45, 2.75) is 0 Å². The molecule has 78 heavy (non-hydrogen) atoms. The van der Waals surface area contributed by atoms with E-state index in [1.165, 1.54) is 0 Å². The quantitative estimate of drug-likeness (QED) is 0.145. The standard InChI is InChI=1S/C68H36N10/c69-37-42-19-25-52(50(31-42)40-72)47-23-29-62-58(34-47)54-15-7-9-17-60(54)77(62)64-33-44(39-71)21-27-56(64)57-28-22-49(68-75-66(45-11-3-1-4-12-45)74-67(76-68)46-13-5-2-6-14-46)36-65(57)78-61-18-10-8-16-55(61)59-35-48(24-30-63(59)78)53-26-20-43(38-70)32-51(53)41-73/h1-36H. The van der Waals surface area contributed by atoms with E-state index in [2.05, 4.69) is 100 Å². The zero-order chi connectivity index (χ0) is 52.9. The van der Waals surface area contributed by atoms with Crippen LogP contribution < -0.4 is 0 Å². The highest BCUT2D eigenvalue weighted by Crippen LogP contribution is 2.44. The molecule has 10 heteroatoms. The van der Waals surface area contributed by atoms with Gasteiger partial charge in [0.15, 0.2) is 17.5 Å². The van der Waals surface area contributed by atoms with Crippen molar-refractivity contribution in [3.05, 3.63) is 246 Å². The lowest BCUT2D eigenvalue weighted by molar-refractivity contribution is 1.07. The van der Waals surface area contributed by atoms with Gasteiger partial charge in [0, 0.05) is 49.4 Å². The molecule has 0 aliphatic carbocycles. The molecule has 0 aliphatic heterocycles. The van der Waals surface area contributed by atoms with Crippen LogP contribution in [0.15, 0.2) is 218 Å². The summed E-state index contributed by atoms with van der Waals surface area (Å²) in [5.74, 6) is 1.53. The monoisotopic (exact) mass is 992 g/mol. The molecule has 0 radical (unpaired) electrons. The van der Waals surface area contributed by atoms with Crippen molar-refractivity contribution in [3.63, 3.8) is 0 Å². The summed E-state index contributed by atoms with van der Waals surface area (Å²) in [6.45, 7) is 0. The summed E-state index contributed by atoms with van der Waals surface area (Å²) in [4.78, 5) is 15.3. The smallest absolute Gasteiger partial charge is 0.164 e. The van der Waals surface area contributed by atoms with Gasteiger partial charge in [-0.15, -0.1) is 0 Å². The van der Waals surface area contributed by atoms with Crippen LogP contribution in [0.1, 0.15) is 27.8 Å². The first kappa shape index (κ1) is 46.1. The molecule has 3 heterocycles. The van der Waals surface area contributed by atoms with Crippen molar-refractivity contribution in [2.75, 3.05) is 0 Å². The molecule has 0 bridgehead atoms. The lowest BCUT2D eigenvalue weighted by atomic mass is 9.96. The van der Waals surface area contributed by atoms with E-state index < -0.39 is 0 Å². The molecule has 10 nitrogen and oxygen atoms in total. The minimum Gasteiger partial charge on any atom is -0.309 e. The highest BCUT2D eigenvalue weighted by Gasteiger charge is 2.24. The highest BCUT2D eigenvalue weighted by molar-refractivity contribution is 6.13. The molecule has 0 saturated carbocycles.